The van der Waals surface area contributed by atoms with E-state index in [0.29, 0.717) is 17.4 Å². The highest BCUT2D eigenvalue weighted by atomic mass is 31.2. The van der Waals surface area contributed by atoms with Gasteiger partial charge >= 0.3 is 19.8 Å². The van der Waals surface area contributed by atoms with Crippen LogP contribution >= 0.6 is 7.82 Å². The second-order valence-corrected chi connectivity index (χ2v) is 25.6. The summed E-state index contributed by atoms with van der Waals surface area (Å²) < 4.78 is 34.6. The average molecular weight is 1170 g/mol. The van der Waals surface area contributed by atoms with Gasteiger partial charge in [0.15, 0.2) is 6.10 Å². The number of hydrogen-bond acceptors (Lipinski definition) is 7. The van der Waals surface area contributed by atoms with Crippen molar-refractivity contribution in [2.75, 3.05) is 47.5 Å². The maximum atomic E-state index is 12.8. The Morgan fingerprint density at radius 2 is 0.695 bits per heavy atom. The van der Waals surface area contributed by atoms with E-state index in [1.54, 1.807) is 0 Å². The topological polar surface area (TPSA) is 108 Å². The minimum Gasteiger partial charge on any atom is -0.462 e. The molecule has 0 amide bonds. The molecule has 0 saturated carbocycles. The van der Waals surface area contributed by atoms with E-state index in [2.05, 4.69) is 98.9 Å². The van der Waals surface area contributed by atoms with Gasteiger partial charge in [0.2, 0.25) is 0 Å². The van der Waals surface area contributed by atoms with Gasteiger partial charge in [-0.1, -0.05) is 292 Å². The highest BCUT2D eigenvalue weighted by Crippen LogP contribution is 2.43. The van der Waals surface area contributed by atoms with Crippen LogP contribution in [0.2, 0.25) is 0 Å². The first-order valence-electron chi connectivity index (χ1n) is 34.3. The zero-order valence-electron chi connectivity index (χ0n) is 54.2. The lowest BCUT2D eigenvalue weighted by atomic mass is 10.0. The fourth-order valence-corrected chi connectivity index (χ4v) is 10.4. The van der Waals surface area contributed by atoms with E-state index in [-0.39, 0.29) is 32.0 Å². The lowest BCUT2D eigenvalue weighted by molar-refractivity contribution is -0.870. The van der Waals surface area contributed by atoms with Gasteiger partial charge in [0.1, 0.15) is 19.8 Å². The standard InChI is InChI=1S/C72H130NO8P/c1-6-8-10-12-14-16-18-20-22-24-25-26-27-28-29-30-31-32-33-34-35-36-37-38-39-40-41-42-43-44-45-46-47-49-50-52-54-56-58-60-62-64-71(74)78-68-70(69-80-82(76,77)79-67-66-73(3,4)5)81-72(75)65-63-61-59-57-55-53-51-48-23-21-19-17-15-13-11-9-7-2/h9,11,15,17-18,20-21,23-25,27-28,51,53,70H,6-8,10,12-14,16,19,22,26,29-50,52,54-69H2,1-5H3/p+1/b11-9-,17-15-,20-18-,23-21-,25-24-,28-27-,53-51-. The molecular weight excluding hydrogens is 1040 g/mol. The minimum absolute atomic E-state index is 0.0248. The molecule has 0 aliphatic heterocycles. The molecule has 2 atom stereocenters. The summed E-state index contributed by atoms with van der Waals surface area (Å²) in [5, 5.41) is 0. The van der Waals surface area contributed by atoms with Crippen molar-refractivity contribution in [1.29, 1.82) is 0 Å². The fourth-order valence-electron chi connectivity index (χ4n) is 9.66. The Bertz CT molecular complexity index is 1660. The third-order valence-electron chi connectivity index (χ3n) is 14.9. The fraction of sp³-hybridized carbons (Fsp3) is 0.778. The molecular formula is C72H131NO8P+. The summed E-state index contributed by atoms with van der Waals surface area (Å²) in [6.07, 6.45) is 85.7. The summed E-state index contributed by atoms with van der Waals surface area (Å²) in [7, 11) is 1.46. The van der Waals surface area contributed by atoms with Crippen LogP contribution in [0.25, 0.3) is 0 Å². The first-order chi connectivity index (χ1) is 40.0. The van der Waals surface area contributed by atoms with Gasteiger partial charge in [-0.05, 0) is 89.9 Å². The van der Waals surface area contributed by atoms with Crippen LogP contribution in [0.5, 0.6) is 0 Å². The van der Waals surface area contributed by atoms with Crippen molar-refractivity contribution in [3.05, 3.63) is 85.1 Å². The quantitative estimate of drug-likeness (QED) is 0.0211. The number of carbonyl (C=O) groups excluding carboxylic acids is 2. The van der Waals surface area contributed by atoms with Crippen LogP contribution in [0.1, 0.15) is 309 Å². The second-order valence-electron chi connectivity index (χ2n) is 24.2. The first-order valence-corrected chi connectivity index (χ1v) is 35.8. The predicted molar refractivity (Wildman–Crippen MR) is 353 cm³/mol. The third kappa shape index (κ3) is 66.3. The van der Waals surface area contributed by atoms with E-state index in [9.17, 15) is 19.0 Å². The van der Waals surface area contributed by atoms with Gasteiger partial charge in [0, 0.05) is 12.8 Å². The number of hydrogen-bond donors (Lipinski definition) is 1. The van der Waals surface area contributed by atoms with Gasteiger partial charge in [-0.2, -0.15) is 0 Å². The zero-order valence-corrected chi connectivity index (χ0v) is 55.1. The van der Waals surface area contributed by atoms with Gasteiger partial charge in [-0.15, -0.1) is 0 Å². The second kappa shape index (κ2) is 62.7. The summed E-state index contributed by atoms with van der Waals surface area (Å²) in [5.74, 6) is -0.818. The Morgan fingerprint density at radius 1 is 0.390 bits per heavy atom. The number of esters is 2. The van der Waals surface area contributed by atoms with Crippen molar-refractivity contribution in [2.45, 2.75) is 315 Å². The number of ether oxygens (including phenoxy) is 2. The molecule has 0 aromatic heterocycles. The summed E-state index contributed by atoms with van der Waals surface area (Å²) in [4.78, 5) is 35.7. The predicted octanol–water partition coefficient (Wildman–Crippen LogP) is 22.2. The van der Waals surface area contributed by atoms with Gasteiger partial charge in [-0.25, -0.2) is 4.57 Å². The highest BCUT2D eigenvalue weighted by molar-refractivity contribution is 7.47. The lowest BCUT2D eigenvalue weighted by Gasteiger charge is -2.24. The van der Waals surface area contributed by atoms with Crippen molar-refractivity contribution in [1.82, 2.24) is 0 Å². The largest absolute Gasteiger partial charge is 0.472 e. The Hall–Kier alpha value is -2.81. The van der Waals surface area contributed by atoms with Crippen LogP contribution in [0.15, 0.2) is 85.1 Å². The Balaban J connectivity index is 3.89. The van der Waals surface area contributed by atoms with E-state index < -0.39 is 26.5 Å². The van der Waals surface area contributed by atoms with E-state index in [4.69, 9.17) is 18.5 Å². The average Bonchev–Trinajstić information content (AvgIpc) is 3.46. The first kappa shape index (κ1) is 79.2. The van der Waals surface area contributed by atoms with Crippen molar-refractivity contribution >= 4 is 19.8 Å². The van der Waals surface area contributed by atoms with Crippen LogP contribution < -0.4 is 0 Å². The van der Waals surface area contributed by atoms with Crippen LogP contribution in [-0.2, 0) is 32.7 Å². The molecule has 0 rings (SSSR count). The van der Waals surface area contributed by atoms with Crippen LogP contribution in [0, 0.1) is 0 Å². The Kier molecular flexibility index (Phi) is 60.6. The molecule has 0 fully saturated rings. The zero-order chi connectivity index (χ0) is 59.8. The number of carbonyl (C=O) groups is 2. The van der Waals surface area contributed by atoms with Crippen molar-refractivity contribution in [3.8, 4) is 0 Å². The molecule has 0 aliphatic rings. The van der Waals surface area contributed by atoms with Gasteiger partial charge in [0.05, 0.1) is 27.7 Å². The van der Waals surface area contributed by atoms with E-state index in [1.807, 2.05) is 21.1 Å². The van der Waals surface area contributed by atoms with Crippen LogP contribution in [-0.4, -0.2) is 74.9 Å². The van der Waals surface area contributed by atoms with Crippen LogP contribution in [0.4, 0.5) is 0 Å². The molecule has 0 aliphatic carbocycles. The normalized spacial score (nSPS) is 13.7. The Morgan fingerprint density at radius 3 is 1.04 bits per heavy atom. The molecule has 476 valence electrons. The van der Waals surface area contributed by atoms with Crippen molar-refractivity contribution < 1.29 is 42.1 Å². The Labute approximate surface area is 507 Å². The molecule has 0 aromatic rings. The van der Waals surface area contributed by atoms with Gasteiger partial charge in [-0.3, -0.25) is 18.6 Å². The maximum absolute atomic E-state index is 12.8. The molecule has 0 aromatic carbocycles. The van der Waals surface area contributed by atoms with Gasteiger partial charge in [0.25, 0.3) is 0 Å². The number of rotatable bonds is 63. The number of unbranched alkanes of at least 4 members (excludes halogenated alkanes) is 35. The maximum Gasteiger partial charge on any atom is 0.472 e. The molecule has 1 N–H and O–H groups in total. The molecule has 82 heavy (non-hydrogen) atoms. The SMILES string of the molecule is CC/C=C\C/C=C\C/C=C\C/C=C\CCCCCCC(=O)OC(COC(=O)CCCCCCCCCCCCCCCCCCCCCCCCCCCC/C=C\C/C=C\C/C=C\CCCCCCC)COP(=O)(O)OCC[N+](C)(C)C. The molecule has 9 nitrogen and oxygen atoms in total. The molecule has 0 radical (unpaired) electrons. The minimum atomic E-state index is -4.40. The van der Waals surface area contributed by atoms with E-state index >= 15 is 0 Å². The number of quaternary nitrogens is 1. The lowest BCUT2D eigenvalue weighted by Crippen LogP contribution is -2.37. The van der Waals surface area contributed by atoms with Crippen molar-refractivity contribution in [2.24, 2.45) is 0 Å². The van der Waals surface area contributed by atoms with E-state index in [0.717, 1.165) is 83.5 Å². The van der Waals surface area contributed by atoms with Crippen LogP contribution in [0.3, 0.4) is 0 Å². The number of nitrogens with zero attached hydrogens (tertiary/aromatic N) is 1. The van der Waals surface area contributed by atoms with Crippen molar-refractivity contribution in [3.63, 3.8) is 0 Å². The summed E-state index contributed by atoms with van der Waals surface area (Å²) in [6, 6.07) is 0. The molecule has 0 saturated heterocycles. The smallest absolute Gasteiger partial charge is 0.462 e. The van der Waals surface area contributed by atoms with Gasteiger partial charge < -0.3 is 18.9 Å². The summed E-state index contributed by atoms with van der Waals surface area (Å²) in [6.45, 7) is 4.30. The number of allylic oxidation sites excluding steroid dienone is 14. The molecule has 0 bridgehead atoms. The number of phosphoric acid groups is 1. The molecule has 0 heterocycles. The summed E-state index contributed by atoms with van der Waals surface area (Å²) >= 11 is 0. The molecule has 0 spiro atoms. The highest BCUT2D eigenvalue weighted by Gasteiger charge is 2.27. The van der Waals surface area contributed by atoms with E-state index in [1.165, 1.54) is 193 Å². The number of likely N-dealkylation sites (N-methyl/N-ethyl adjacent to an activating group) is 1. The third-order valence-corrected chi connectivity index (χ3v) is 15.9. The monoisotopic (exact) mass is 1170 g/mol. The molecule has 2 unspecified atom stereocenters. The molecule has 10 heteroatoms. The number of phosphoric ester groups is 1. The summed E-state index contributed by atoms with van der Waals surface area (Å²) in [5.41, 5.74) is 0.